The molecule has 1 aromatic rings. The van der Waals surface area contributed by atoms with Gasteiger partial charge in [-0.3, -0.25) is 0 Å². The third-order valence-corrected chi connectivity index (χ3v) is 2.20. The molecular formula is C11H15N3O. The van der Waals surface area contributed by atoms with Gasteiger partial charge in [-0.1, -0.05) is 0 Å². The number of nitrogens with two attached hydrogens (primary N) is 1. The van der Waals surface area contributed by atoms with Gasteiger partial charge >= 0.3 is 0 Å². The molecule has 0 unspecified atom stereocenters. The fraction of sp³-hybridized carbons (Fsp3) is 0.364. The first-order valence-electron chi connectivity index (χ1n) is 4.72. The molecule has 0 amide bonds. The van der Waals surface area contributed by atoms with Crippen LogP contribution in [-0.4, -0.2) is 27.2 Å². The maximum Gasteiger partial charge on any atom is 0.121 e. The minimum atomic E-state index is 0.554. The second-order valence-corrected chi connectivity index (χ2v) is 3.21. The molecule has 15 heavy (non-hydrogen) atoms. The molecule has 0 heterocycles. The number of anilines is 1. The topological polar surface area (TPSA) is 62.3 Å². The molecule has 4 heteroatoms. The van der Waals surface area contributed by atoms with Gasteiger partial charge in [-0.15, -0.1) is 0 Å². The van der Waals surface area contributed by atoms with Gasteiger partial charge in [-0.25, -0.2) is 0 Å². The van der Waals surface area contributed by atoms with Gasteiger partial charge in [-0.2, -0.15) is 5.26 Å². The average Bonchev–Trinajstić information content (AvgIpc) is 2.28. The Morgan fingerprint density at radius 1 is 1.53 bits per heavy atom. The number of benzene rings is 1. The fourth-order valence-electron chi connectivity index (χ4n) is 1.36. The molecule has 0 fully saturated rings. The van der Waals surface area contributed by atoms with Crippen LogP contribution in [0.5, 0.6) is 5.75 Å². The smallest absolute Gasteiger partial charge is 0.121 e. The molecule has 2 N–H and O–H groups in total. The van der Waals surface area contributed by atoms with E-state index in [1.165, 1.54) is 0 Å². The number of hydrogen-bond acceptors (Lipinski definition) is 4. The molecular weight excluding hydrogens is 190 g/mol. The number of ether oxygens (including phenoxy) is 1. The number of nitrogens with zero attached hydrogens (tertiary/aromatic N) is 2. The number of rotatable bonds is 4. The second kappa shape index (κ2) is 5.23. The van der Waals surface area contributed by atoms with Crippen molar-refractivity contribution in [3.05, 3.63) is 23.8 Å². The van der Waals surface area contributed by atoms with Crippen molar-refractivity contribution in [1.29, 1.82) is 5.26 Å². The minimum Gasteiger partial charge on any atom is -0.497 e. The summed E-state index contributed by atoms with van der Waals surface area (Å²) in [6.45, 7) is 1.26. The summed E-state index contributed by atoms with van der Waals surface area (Å²) in [5.74, 6) is 0.743. The molecule has 0 aliphatic rings. The zero-order chi connectivity index (χ0) is 11.3. The van der Waals surface area contributed by atoms with Crippen molar-refractivity contribution in [1.82, 2.24) is 0 Å². The van der Waals surface area contributed by atoms with Crippen molar-refractivity contribution in [2.75, 3.05) is 32.1 Å². The van der Waals surface area contributed by atoms with Gasteiger partial charge in [0.25, 0.3) is 0 Å². The van der Waals surface area contributed by atoms with Crippen LogP contribution in [0.1, 0.15) is 5.56 Å². The van der Waals surface area contributed by atoms with E-state index in [4.69, 9.17) is 15.7 Å². The number of methoxy groups -OCH3 is 1. The van der Waals surface area contributed by atoms with Crippen LogP contribution in [-0.2, 0) is 0 Å². The maximum absolute atomic E-state index is 8.95. The largest absolute Gasteiger partial charge is 0.497 e. The molecule has 1 aromatic carbocycles. The Hall–Kier alpha value is -1.73. The summed E-state index contributed by atoms with van der Waals surface area (Å²) in [4.78, 5) is 1.95. The van der Waals surface area contributed by atoms with E-state index in [-0.39, 0.29) is 0 Å². The van der Waals surface area contributed by atoms with Gasteiger partial charge in [0.05, 0.1) is 18.4 Å². The summed E-state index contributed by atoms with van der Waals surface area (Å²) in [5.41, 5.74) is 6.95. The average molecular weight is 205 g/mol. The molecule has 0 saturated carbocycles. The fourth-order valence-corrected chi connectivity index (χ4v) is 1.36. The Morgan fingerprint density at radius 2 is 2.27 bits per heavy atom. The van der Waals surface area contributed by atoms with Gasteiger partial charge in [0.1, 0.15) is 11.8 Å². The molecule has 0 aliphatic carbocycles. The zero-order valence-electron chi connectivity index (χ0n) is 9.03. The summed E-state index contributed by atoms with van der Waals surface area (Å²) in [7, 11) is 3.51. The Bertz CT molecular complexity index is 371. The molecule has 80 valence electrons. The normalized spacial score (nSPS) is 9.47. The first kappa shape index (κ1) is 11.3. The highest BCUT2D eigenvalue weighted by molar-refractivity contribution is 5.61. The van der Waals surface area contributed by atoms with E-state index < -0.39 is 0 Å². The van der Waals surface area contributed by atoms with E-state index in [1.54, 1.807) is 19.2 Å². The molecule has 0 aliphatic heterocycles. The number of likely N-dealkylation sites (N-methyl/N-ethyl adjacent to an activating group) is 1. The van der Waals surface area contributed by atoms with Crippen LogP contribution in [0.25, 0.3) is 0 Å². The van der Waals surface area contributed by atoms with E-state index in [0.717, 1.165) is 11.4 Å². The molecule has 1 rings (SSSR count). The van der Waals surface area contributed by atoms with Crippen LogP contribution in [0.3, 0.4) is 0 Å². The lowest BCUT2D eigenvalue weighted by molar-refractivity contribution is 0.415. The van der Waals surface area contributed by atoms with Crippen LogP contribution in [0.4, 0.5) is 5.69 Å². The highest BCUT2D eigenvalue weighted by Gasteiger charge is 2.07. The van der Waals surface area contributed by atoms with Crippen LogP contribution in [0.2, 0.25) is 0 Å². The predicted octanol–water partition coefficient (Wildman–Crippen LogP) is 0.962. The molecule has 4 nitrogen and oxygen atoms in total. The van der Waals surface area contributed by atoms with E-state index >= 15 is 0 Å². The predicted molar refractivity (Wildman–Crippen MR) is 60.0 cm³/mol. The first-order chi connectivity index (χ1) is 7.22. The lowest BCUT2D eigenvalue weighted by Crippen LogP contribution is -2.25. The van der Waals surface area contributed by atoms with Crippen molar-refractivity contribution in [2.45, 2.75) is 0 Å². The Balaban J connectivity index is 3.07. The molecule has 0 aromatic heterocycles. The molecule has 0 radical (unpaired) electrons. The van der Waals surface area contributed by atoms with Gasteiger partial charge in [0.2, 0.25) is 0 Å². The monoisotopic (exact) mass is 205 g/mol. The van der Waals surface area contributed by atoms with Crippen LogP contribution < -0.4 is 15.4 Å². The van der Waals surface area contributed by atoms with Crippen molar-refractivity contribution < 1.29 is 4.74 Å². The van der Waals surface area contributed by atoms with Crippen LogP contribution in [0, 0.1) is 11.3 Å². The van der Waals surface area contributed by atoms with Crippen LogP contribution >= 0.6 is 0 Å². The lowest BCUT2D eigenvalue weighted by Gasteiger charge is -2.20. The summed E-state index contributed by atoms with van der Waals surface area (Å²) in [5, 5.41) is 8.95. The summed E-state index contributed by atoms with van der Waals surface area (Å²) >= 11 is 0. The third-order valence-electron chi connectivity index (χ3n) is 2.20. The highest BCUT2D eigenvalue weighted by atomic mass is 16.5. The Morgan fingerprint density at radius 3 is 2.80 bits per heavy atom. The zero-order valence-corrected chi connectivity index (χ0v) is 9.03. The van der Waals surface area contributed by atoms with Crippen molar-refractivity contribution >= 4 is 5.69 Å². The SMILES string of the molecule is COc1ccc(C#N)c(N(C)CCN)c1. The minimum absolute atomic E-state index is 0.554. The molecule has 0 atom stereocenters. The standard InChI is InChI=1S/C11H15N3O/c1-14(6-5-12)11-7-10(15-2)4-3-9(11)8-13/h3-4,7H,5-6,12H2,1-2H3. The van der Waals surface area contributed by atoms with Gasteiger partial charge in [0.15, 0.2) is 0 Å². The highest BCUT2D eigenvalue weighted by Crippen LogP contribution is 2.24. The second-order valence-electron chi connectivity index (χ2n) is 3.21. The molecule has 0 spiro atoms. The molecule has 0 bridgehead atoms. The van der Waals surface area contributed by atoms with Gasteiger partial charge in [0, 0.05) is 26.2 Å². The quantitative estimate of drug-likeness (QED) is 0.795. The van der Waals surface area contributed by atoms with Crippen LogP contribution in [0.15, 0.2) is 18.2 Å². The van der Waals surface area contributed by atoms with E-state index in [0.29, 0.717) is 18.7 Å². The summed E-state index contributed by atoms with van der Waals surface area (Å²) < 4.78 is 5.12. The van der Waals surface area contributed by atoms with Crippen molar-refractivity contribution in [3.63, 3.8) is 0 Å². The molecule has 0 saturated heterocycles. The number of hydrogen-bond donors (Lipinski definition) is 1. The van der Waals surface area contributed by atoms with E-state index in [1.807, 2.05) is 18.0 Å². The summed E-state index contributed by atoms with van der Waals surface area (Å²) in [6, 6.07) is 7.52. The Kier molecular flexibility index (Phi) is 3.95. The first-order valence-corrected chi connectivity index (χ1v) is 4.72. The van der Waals surface area contributed by atoms with E-state index in [2.05, 4.69) is 6.07 Å². The van der Waals surface area contributed by atoms with Gasteiger partial charge in [-0.05, 0) is 12.1 Å². The summed E-state index contributed by atoms with van der Waals surface area (Å²) in [6.07, 6.45) is 0. The van der Waals surface area contributed by atoms with Crippen molar-refractivity contribution in [3.8, 4) is 11.8 Å². The third kappa shape index (κ3) is 2.61. The van der Waals surface area contributed by atoms with E-state index in [9.17, 15) is 0 Å². The maximum atomic E-state index is 8.95. The lowest BCUT2D eigenvalue weighted by atomic mass is 10.1. The number of nitriles is 1. The van der Waals surface area contributed by atoms with Crippen molar-refractivity contribution in [2.24, 2.45) is 5.73 Å². The Labute approximate surface area is 89.9 Å². The van der Waals surface area contributed by atoms with Gasteiger partial charge < -0.3 is 15.4 Å².